The fraction of sp³-hybridized carbons (Fsp3) is 0.250. The van der Waals surface area contributed by atoms with Crippen LogP contribution in [0.25, 0.3) is 16.9 Å². The topological polar surface area (TPSA) is 87.0 Å². The molecule has 3 N–H and O–H groups in total. The highest BCUT2D eigenvalue weighted by Gasteiger charge is 2.20. The van der Waals surface area contributed by atoms with Crippen LogP contribution in [0.1, 0.15) is 6.42 Å². The number of ether oxygens (including phenoxy) is 1. The van der Waals surface area contributed by atoms with Gasteiger partial charge < -0.3 is 29.8 Å². The highest BCUT2D eigenvalue weighted by molar-refractivity contribution is 5.76. The zero-order valence-electron chi connectivity index (χ0n) is 17.5. The second-order valence-corrected chi connectivity index (χ2v) is 8.18. The van der Waals surface area contributed by atoms with E-state index in [1.807, 2.05) is 41.1 Å². The minimum atomic E-state index is -0.237. The number of hydrogen-bond acceptors (Lipinski definition) is 7. The van der Waals surface area contributed by atoms with Crippen molar-refractivity contribution < 1.29 is 9.84 Å². The van der Waals surface area contributed by atoms with Gasteiger partial charge in [-0.05, 0) is 48.9 Å². The summed E-state index contributed by atoms with van der Waals surface area (Å²) >= 11 is 0. The molecule has 6 rings (SSSR count). The highest BCUT2D eigenvalue weighted by atomic mass is 16.5. The predicted octanol–water partition coefficient (Wildman–Crippen LogP) is 3.52. The second-order valence-electron chi connectivity index (χ2n) is 8.18. The van der Waals surface area contributed by atoms with Gasteiger partial charge in [-0.15, -0.1) is 0 Å². The molecule has 2 aromatic heterocycles. The minimum Gasteiger partial charge on any atom is -0.490 e. The Hall–Kier alpha value is -3.78. The summed E-state index contributed by atoms with van der Waals surface area (Å²) in [5, 5.41) is 16.6. The first kappa shape index (κ1) is 18.9. The third-order valence-corrected chi connectivity index (χ3v) is 5.98. The third kappa shape index (κ3) is 3.48. The summed E-state index contributed by atoms with van der Waals surface area (Å²) in [7, 11) is 0. The Kier molecular flexibility index (Phi) is 4.57. The van der Waals surface area contributed by atoms with Gasteiger partial charge in [-0.1, -0.05) is 0 Å². The Labute approximate surface area is 185 Å². The van der Waals surface area contributed by atoms with Crippen LogP contribution in [0.4, 0.5) is 22.9 Å². The number of nitrogens with one attached hydrogen (secondary N) is 2. The number of benzene rings is 2. The number of aliphatic hydroxyl groups is 1. The molecule has 8 heteroatoms. The monoisotopic (exact) mass is 428 g/mol. The Morgan fingerprint density at radius 1 is 1.16 bits per heavy atom. The van der Waals surface area contributed by atoms with Crippen molar-refractivity contribution in [1.82, 2.24) is 14.4 Å². The average molecular weight is 428 g/mol. The van der Waals surface area contributed by atoms with Crippen LogP contribution in [0, 0.1) is 0 Å². The number of nitrogens with zero attached hydrogens (tertiary/aromatic N) is 4. The van der Waals surface area contributed by atoms with Crippen LogP contribution in [0.2, 0.25) is 0 Å². The van der Waals surface area contributed by atoms with Crippen molar-refractivity contribution in [3.05, 3.63) is 61.1 Å². The number of β-amino-alcohol motifs (C(OH)–C–C–N with tert-alkyl or cyclic N) is 1. The zero-order valence-corrected chi connectivity index (χ0v) is 17.5. The number of fused-ring (bicyclic) bond motifs is 2. The van der Waals surface area contributed by atoms with Crippen LogP contribution in [0.15, 0.2) is 61.1 Å². The van der Waals surface area contributed by atoms with E-state index in [1.165, 1.54) is 0 Å². The smallest absolute Gasteiger partial charge is 0.180 e. The predicted molar refractivity (Wildman–Crippen MR) is 125 cm³/mol. The number of hydrogen-bond donors (Lipinski definition) is 3. The molecular formula is C24H24N6O2. The summed E-state index contributed by atoms with van der Waals surface area (Å²) in [4.78, 5) is 11.6. The van der Waals surface area contributed by atoms with Crippen molar-refractivity contribution in [2.75, 3.05) is 41.8 Å². The first-order valence-corrected chi connectivity index (χ1v) is 10.9. The van der Waals surface area contributed by atoms with Crippen LogP contribution >= 0.6 is 0 Å². The summed E-state index contributed by atoms with van der Waals surface area (Å²) in [6.07, 6.45) is 6.27. The summed E-state index contributed by atoms with van der Waals surface area (Å²) in [6, 6.07) is 14.3. The lowest BCUT2D eigenvalue weighted by molar-refractivity contribution is 0.198. The van der Waals surface area contributed by atoms with Crippen LogP contribution in [-0.4, -0.2) is 51.8 Å². The van der Waals surface area contributed by atoms with Gasteiger partial charge in [-0.25, -0.2) is 9.97 Å². The minimum absolute atomic E-state index is 0.237. The summed E-state index contributed by atoms with van der Waals surface area (Å²) in [5.41, 5.74) is 5.64. The molecular weight excluding hydrogens is 404 g/mol. The molecule has 0 unspecified atom stereocenters. The Morgan fingerprint density at radius 3 is 2.91 bits per heavy atom. The molecule has 1 fully saturated rings. The van der Waals surface area contributed by atoms with E-state index in [0.717, 1.165) is 59.2 Å². The number of anilines is 4. The summed E-state index contributed by atoms with van der Waals surface area (Å²) in [5.74, 6) is 1.56. The molecule has 4 aromatic rings. The van der Waals surface area contributed by atoms with Gasteiger partial charge in [0.25, 0.3) is 0 Å². The molecule has 0 radical (unpaired) electrons. The summed E-state index contributed by atoms with van der Waals surface area (Å²) < 4.78 is 7.68. The molecule has 32 heavy (non-hydrogen) atoms. The maximum atomic E-state index is 9.79. The van der Waals surface area contributed by atoms with E-state index in [9.17, 15) is 5.11 Å². The third-order valence-electron chi connectivity index (χ3n) is 5.98. The van der Waals surface area contributed by atoms with E-state index in [1.54, 1.807) is 6.20 Å². The van der Waals surface area contributed by atoms with Gasteiger partial charge in [0.1, 0.15) is 12.4 Å². The molecule has 2 aromatic carbocycles. The molecule has 8 nitrogen and oxygen atoms in total. The van der Waals surface area contributed by atoms with Crippen molar-refractivity contribution in [3.63, 3.8) is 0 Å². The van der Waals surface area contributed by atoms with E-state index in [-0.39, 0.29) is 6.10 Å². The van der Waals surface area contributed by atoms with Crippen LogP contribution in [0.5, 0.6) is 5.75 Å². The molecule has 4 heterocycles. The maximum Gasteiger partial charge on any atom is 0.180 e. The quantitative estimate of drug-likeness (QED) is 0.458. The molecule has 1 saturated heterocycles. The lowest BCUT2D eigenvalue weighted by atomic mass is 10.1. The molecule has 162 valence electrons. The number of rotatable bonds is 4. The largest absolute Gasteiger partial charge is 0.490 e. The van der Waals surface area contributed by atoms with Crippen molar-refractivity contribution in [2.45, 2.75) is 12.5 Å². The van der Waals surface area contributed by atoms with Crippen LogP contribution in [-0.2, 0) is 0 Å². The van der Waals surface area contributed by atoms with Gasteiger partial charge in [-0.2, -0.15) is 0 Å². The van der Waals surface area contributed by atoms with Crippen molar-refractivity contribution in [3.8, 4) is 17.0 Å². The van der Waals surface area contributed by atoms with Crippen molar-refractivity contribution in [2.24, 2.45) is 0 Å². The van der Waals surface area contributed by atoms with Crippen molar-refractivity contribution in [1.29, 1.82) is 0 Å². The molecule has 2 aliphatic heterocycles. The van der Waals surface area contributed by atoms with E-state index in [0.29, 0.717) is 19.0 Å². The molecule has 0 aliphatic carbocycles. The summed E-state index contributed by atoms with van der Waals surface area (Å²) in [6.45, 7) is 3.04. The van der Waals surface area contributed by atoms with Crippen molar-refractivity contribution >= 4 is 28.5 Å². The zero-order chi connectivity index (χ0) is 21.5. The fourth-order valence-electron chi connectivity index (χ4n) is 4.32. The van der Waals surface area contributed by atoms with Gasteiger partial charge in [0, 0.05) is 55.2 Å². The number of imidazole rings is 1. The molecule has 0 bridgehead atoms. The molecule has 0 spiro atoms. The Morgan fingerprint density at radius 2 is 2.06 bits per heavy atom. The molecule has 0 amide bonds. The van der Waals surface area contributed by atoms with Crippen LogP contribution in [0.3, 0.4) is 0 Å². The number of aromatic nitrogens is 3. The second kappa shape index (κ2) is 7.72. The normalized spacial score (nSPS) is 17.7. The molecule has 1 atom stereocenters. The number of aliphatic hydroxyl groups excluding tert-OH is 1. The maximum absolute atomic E-state index is 9.79. The van der Waals surface area contributed by atoms with Gasteiger partial charge in [-0.3, -0.25) is 0 Å². The van der Waals surface area contributed by atoms with Gasteiger partial charge in [0.05, 0.1) is 17.5 Å². The van der Waals surface area contributed by atoms with E-state index >= 15 is 0 Å². The van der Waals surface area contributed by atoms with E-state index in [2.05, 4.69) is 38.7 Å². The first-order valence-electron chi connectivity index (χ1n) is 10.9. The van der Waals surface area contributed by atoms with Crippen LogP contribution < -0.4 is 20.3 Å². The lowest BCUT2D eigenvalue weighted by Crippen LogP contribution is -2.20. The Balaban J connectivity index is 1.31. The standard InChI is InChI=1S/C24H24N6O2/c31-19-7-10-29(14-19)18-4-2-17(3-5-18)27-23-24-26-8-11-30(24)15-21(28-23)16-1-6-22-20(13-16)25-9-12-32-22/h1-6,8,11,13,15,19,25,31H,7,9-10,12,14H2,(H,27,28)/t19-/m0/s1. The van der Waals surface area contributed by atoms with Gasteiger partial charge in [0.15, 0.2) is 11.5 Å². The van der Waals surface area contributed by atoms with E-state index in [4.69, 9.17) is 9.72 Å². The van der Waals surface area contributed by atoms with Gasteiger partial charge in [0.2, 0.25) is 0 Å². The Bertz CT molecular complexity index is 1270. The lowest BCUT2D eigenvalue weighted by Gasteiger charge is -2.20. The average Bonchev–Trinajstić information content (AvgIpc) is 3.48. The first-order chi connectivity index (χ1) is 15.7. The SMILES string of the molecule is O[C@H]1CCN(c2ccc(Nc3nc(-c4ccc5c(c4)NCCO5)cn4ccnc34)cc2)C1. The molecule has 2 aliphatic rings. The molecule has 0 saturated carbocycles. The fourth-order valence-corrected chi connectivity index (χ4v) is 4.32. The van der Waals surface area contributed by atoms with E-state index < -0.39 is 0 Å². The van der Waals surface area contributed by atoms with Gasteiger partial charge >= 0.3 is 0 Å². The highest BCUT2D eigenvalue weighted by Crippen LogP contribution is 2.33.